The summed E-state index contributed by atoms with van der Waals surface area (Å²) >= 11 is 0. The van der Waals surface area contributed by atoms with E-state index in [9.17, 15) is 9.59 Å². The molecule has 2 N–H and O–H groups in total. The van der Waals surface area contributed by atoms with Crippen LogP contribution in [0.1, 0.15) is 44.8 Å². The fraction of sp³-hybridized carbons (Fsp3) is 0.714. The van der Waals surface area contributed by atoms with E-state index in [4.69, 9.17) is 9.47 Å². The Bertz CT molecular complexity index is 678. The van der Waals surface area contributed by atoms with Gasteiger partial charge in [-0.3, -0.25) is 14.8 Å². The van der Waals surface area contributed by atoms with Gasteiger partial charge in [-0.2, -0.15) is 0 Å². The molecule has 2 aliphatic heterocycles. The van der Waals surface area contributed by atoms with Gasteiger partial charge in [-0.1, -0.05) is 13.3 Å². The third kappa shape index (κ3) is 1.43. The van der Waals surface area contributed by atoms with Gasteiger partial charge in [0, 0.05) is 5.92 Å². The smallest absolute Gasteiger partial charge is 0.328 e. The predicted molar refractivity (Wildman–Crippen MR) is 70.8 cm³/mol. The fourth-order valence-electron chi connectivity index (χ4n) is 4.14. The maximum atomic E-state index is 12.1. The summed E-state index contributed by atoms with van der Waals surface area (Å²) in [5.74, 6) is 1.20. The molecule has 1 aliphatic carbocycles. The number of hydrogen-bond donors (Lipinski definition) is 2. The van der Waals surface area contributed by atoms with Crippen LogP contribution in [0.4, 0.5) is 0 Å². The van der Waals surface area contributed by atoms with Crippen molar-refractivity contribution in [3.63, 3.8) is 0 Å². The van der Waals surface area contributed by atoms with Crippen LogP contribution >= 0.6 is 0 Å². The Morgan fingerprint density at radius 2 is 2.05 bits per heavy atom. The summed E-state index contributed by atoms with van der Waals surface area (Å²) in [6.45, 7) is 4.23. The lowest BCUT2D eigenvalue weighted by molar-refractivity contribution is -0.00597. The van der Waals surface area contributed by atoms with Gasteiger partial charge in [-0.05, 0) is 25.7 Å². The zero-order valence-corrected chi connectivity index (χ0v) is 11.6. The molecule has 20 heavy (non-hydrogen) atoms. The second-order valence-corrected chi connectivity index (χ2v) is 6.52. The monoisotopic (exact) mass is 278 g/mol. The molecule has 4 rings (SSSR count). The van der Waals surface area contributed by atoms with Crippen molar-refractivity contribution in [2.45, 2.75) is 50.9 Å². The summed E-state index contributed by atoms with van der Waals surface area (Å²) in [4.78, 5) is 28.3. The van der Waals surface area contributed by atoms with Crippen molar-refractivity contribution in [2.75, 3.05) is 0 Å². The van der Waals surface area contributed by atoms with E-state index < -0.39 is 16.9 Å². The molecule has 1 aromatic rings. The van der Waals surface area contributed by atoms with Gasteiger partial charge in [0.1, 0.15) is 17.3 Å². The van der Waals surface area contributed by atoms with Gasteiger partial charge in [0.15, 0.2) is 0 Å². The van der Waals surface area contributed by atoms with Gasteiger partial charge < -0.3 is 9.47 Å². The van der Waals surface area contributed by atoms with Crippen molar-refractivity contribution in [1.82, 2.24) is 9.97 Å². The lowest BCUT2D eigenvalue weighted by Gasteiger charge is -2.35. The topological polar surface area (TPSA) is 84.2 Å². The maximum Gasteiger partial charge on any atom is 0.328 e. The highest BCUT2D eigenvalue weighted by atomic mass is 16.6. The molecule has 6 heteroatoms. The van der Waals surface area contributed by atoms with Crippen molar-refractivity contribution in [1.29, 1.82) is 0 Å². The SMILES string of the molecule is C[C@H]1CC[C@@H]2[C@H](C1)O[C@H]1c3c([nH]c(=O)[nH]c3=O)O[C@@]21C. The Labute approximate surface area is 115 Å². The van der Waals surface area contributed by atoms with Crippen molar-refractivity contribution < 1.29 is 9.47 Å². The molecular formula is C14H18N2O4. The number of aromatic amines is 2. The number of ether oxygens (including phenoxy) is 2. The van der Waals surface area contributed by atoms with E-state index >= 15 is 0 Å². The number of fused-ring (bicyclic) bond motifs is 5. The van der Waals surface area contributed by atoms with Crippen LogP contribution in [0.15, 0.2) is 9.59 Å². The van der Waals surface area contributed by atoms with Crippen LogP contribution in [-0.4, -0.2) is 21.7 Å². The minimum absolute atomic E-state index is 0.147. The number of rotatable bonds is 0. The largest absolute Gasteiger partial charge is 0.469 e. The molecule has 0 spiro atoms. The molecule has 0 aromatic carbocycles. The minimum atomic E-state index is -0.537. The number of aromatic nitrogens is 2. The zero-order valence-electron chi connectivity index (χ0n) is 11.6. The van der Waals surface area contributed by atoms with Crippen LogP contribution in [-0.2, 0) is 4.74 Å². The molecule has 0 bridgehead atoms. The number of hydrogen-bond acceptors (Lipinski definition) is 4. The minimum Gasteiger partial charge on any atom is -0.469 e. The van der Waals surface area contributed by atoms with Crippen LogP contribution < -0.4 is 16.0 Å². The summed E-state index contributed by atoms with van der Waals surface area (Å²) in [6.07, 6.45) is 2.97. The highest BCUT2D eigenvalue weighted by molar-refractivity contribution is 5.36. The lowest BCUT2D eigenvalue weighted by Crippen LogP contribution is -2.42. The van der Waals surface area contributed by atoms with Crippen LogP contribution in [0.5, 0.6) is 5.88 Å². The zero-order chi connectivity index (χ0) is 14.1. The molecule has 3 heterocycles. The molecule has 1 saturated carbocycles. The molecule has 6 nitrogen and oxygen atoms in total. The van der Waals surface area contributed by atoms with Gasteiger partial charge in [-0.25, -0.2) is 4.79 Å². The standard InChI is InChI=1S/C14H18N2O4/c1-6-3-4-7-8(5-6)19-10-9-11(17)15-13(18)16-12(9)20-14(7,10)2/h6-8,10H,3-5H2,1-2H3,(H2,15,16,17,18)/t6-,7+,8-,10-,14-/m0/s1. The van der Waals surface area contributed by atoms with Crippen molar-refractivity contribution >= 4 is 0 Å². The Hall–Kier alpha value is -1.56. The Morgan fingerprint density at radius 1 is 1.25 bits per heavy atom. The average molecular weight is 278 g/mol. The first-order valence-corrected chi connectivity index (χ1v) is 7.20. The van der Waals surface area contributed by atoms with Gasteiger partial charge in [0.05, 0.1) is 6.10 Å². The maximum absolute atomic E-state index is 12.1. The number of nitrogens with one attached hydrogen (secondary N) is 2. The first kappa shape index (κ1) is 12.2. The first-order valence-electron chi connectivity index (χ1n) is 7.20. The van der Waals surface area contributed by atoms with E-state index in [2.05, 4.69) is 16.9 Å². The Balaban J connectivity index is 1.81. The van der Waals surface area contributed by atoms with Crippen LogP contribution in [0.25, 0.3) is 0 Å². The Kier molecular flexibility index (Phi) is 2.29. The molecule has 3 aliphatic rings. The van der Waals surface area contributed by atoms with Crippen LogP contribution in [0.2, 0.25) is 0 Å². The summed E-state index contributed by atoms with van der Waals surface area (Å²) in [7, 11) is 0. The molecule has 1 saturated heterocycles. The molecule has 0 amide bonds. The Morgan fingerprint density at radius 3 is 2.85 bits per heavy atom. The van der Waals surface area contributed by atoms with E-state index in [0.29, 0.717) is 11.5 Å². The molecule has 0 unspecified atom stereocenters. The molecule has 5 atom stereocenters. The second kappa shape index (κ2) is 3.75. The summed E-state index contributed by atoms with van der Waals surface area (Å²) in [6, 6.07) is 0. The molecule has 1 aromatic heterocycles. The second-order valence-electron chi connectivity index (χ2n) is 6.52. The summed E-state index contributed by atoms with van der Waals surface area (Å²) in [5.41, 5.74) is -1.03. The van der Waals surface area contributed by atoms with Gasteiger partial charge in [0.25, 0.3) is 5.56 Å². The molecular weight excluding hydrogens is 260 g/mol. The third-order valence-electron chi connectivity index (χ3n) is 5.15. The van der Waals surface area contributed by atoms with E-state index in [0.717, 1.165) is 19.3 Å². The van der Waals surface area contributed by atoms with Gasteiger partial charge in [-0.15, -0.1) is 0 Å². The lowest BCUT2D eigenvalue weighted by atomic mass is 9.73. The van der Waals surface area contributed by atoms with Crippen molar-refractivity contribution in [2.24, 2.45) is 11.8 Å². The van der Waals surface area contributed by atoms with Gasteiger partial charge in [0.2, 0.25) is 5.88 Å². The predicted octanol–water partition coefficient (Wildman–Crippen LogP) is 1.09. The van der Waals surface area contributed by atoms with Gasteiger partial charge >= 0.3 is 5.69 Å². The molecule has 0 radical (unpaired) electrons. The van der Waals surface area contributed by atoms with E-state index in [1.807, 2.05) is 6.92 Å². The average Bonchev–Trinajstić information content (AvgIpc) is 2.76. The molecule has 108 valence electrons. The normalized spacial score (nSPS) is 41.7. The summed E-state index contributed by atoms with van der Waals surface area (Å²) < 4.78 is 12.1. The number of H-pyrrole nitrogens is 2. The van der Waals surface area contributed by atoms with E-state index in [-0.39, 0.29) is 24.0 Å². The van der Waals surface area contributed by atoms with Crippen molar-refractivity contribution in [3.8, 4) is 5.88 Å². The summed E-state index contributed by atoms with van der Waals surface area (Å²) in [5, 5.41) is 0. The van der Waals surface area contributed by atoms with Crippen LogP contribution in [0, 0.1) is 11.8 Å². The van der Waals surface area contributed by atoms with E-state index in [1.54, 1.807) is 0 Å². The third-order valence-corrected chi connectivity index (χ3v) is 5.15. The first-order chi connectivity index (χ1) is 9.49. The van der Waals surface area contributed by atoms with Crippen LogP contribution in [0.3, 0.4) is 0 Å². The highest BCUT2D eigenvalue weighted by Crippen LogP contribution is 2.57. The van der Waals surface area contributed by atoms with E-state index in [1.165, 1.54) is 0 Å². The highest BCUT2D eigenvalue weighted by Gasteiger charge is 2.62. The fourth-order valence-corrected chi connectivity index (χ4v) is 4.14. The molecule has 2 fully saturated rings. The quantitative estimate of drug-likeness (QED) is 0.744. The van der Waals surface area contributed by atoms with Crippen molar-refractivity contribution in [3.05, 3.63) is 26.4 Å².